The van der Waals surface area contributed by atoms with Crippen LogP contribution in [0.3, 0.4) is 0 Å². The van der Waals surface area contributed by atoms with E-state index in [1.807, 2.05) is 43.3 Å². The highest BCUT2D eigenvalue weighted by atomic mass is 33.1. The highest BCUT2D eigenvalue weighted by Gasteiger charge is 1.59. The summed E-state index contributed by atoms with van der Waals surface area (Å²) in [6, 6.07) is 11.4. The lowest BCUT2D eigenvalue weighted by atomic mass is 10.5. The zero-order chi connectivity index (χ0) is 13.9. The molecule has 2 rings (SSSR count). The number of hydrogen-bond acceptors (Lipinski definition) is 5. The van der Waals surface area contributed by atoms with Crippen molar-refractivity contribution in [1.82, 2.24) is 9.97 Å². The molecular formula is C13H20N2OS2. The van der Waals surface area contributed by atoms with Crippen LogP contribution in [0.4, 0.5) is 0 Å². The molecular weight excluding hydrogens is 264 g/mol. The molecule has 0 saturated heterocycles. The second-order valence-electron chi connectivity index (χ2n) is 2.77. The van der Waals surface area contributed by atoms with E-state index >= 15 is 0 Å². The van der Waals surface area contributed by atoms with Crippen molar-refractivity contribution >= 4 is 23.3 Å². The van der Waals surface area contributed by atoms with Gasteiger partial charge in [-0.3, -0.25) is 9.97 Å². The zero-order valence-corrected chi connectivity index (χ0v) is 12.2. The Hall–Kier alpha value is -1.04. The molecule has 2 aromatic heterocycles. The number of aliphatic hydroxyl groups is 1. The first-order valence-corrected chi connectivity index (χ1v) is 7.02. The first kappa shape index (κ1) is 19.3. The van der Waals surface area contributed by atoms with Gasteiger partial charge in [-0.15, -0.1) is 23.3 Å². The Morgan fingerprint density at radius 2 is 1.06 bits per heavy atom. The Labute approximate surface area is 120 Å². The standard InChI is InChI=1S/2C5H5N.C3H8O.H2S2/c2*1-2-4-6-5-3-1;1-2-3-4;1-2/h2*1-5H;4H,2-3H2,1H3;1-2H. The minimum Gasteiger partial charge on any atom is -0.396 e. The monoisotopic (exact) mass is 284 g/mol. The Kier molecular flexibility index (Phi) is 22.8. The van der Waals surface area contributed by atoms with Gasteiger partial charge in [0, 0.05) is 31.4 Å². The number of rotatable bonds is 1. The molecule has 0 saturated carbocycles. The molecule has 0 spiro atoms. The first-order valence-electron chi connectivity index (χ1n) is 5.42. The summed E-state index contributed by atoms with van der Waals surface area (Å²) in [7, 11) is 0. The van der Waals surface area contributed by atoms with Gasteiger partial charge in [0.1, 0.15) is 0 Å². The Morgan fingerprint density at radius 3 is 1.11 bits per heavy atom. The summed E-state index contributed by atoms with van der Waals surface area (Å²) in [5.41, 5.74) is 0. The number of nitrogens with zero attached hydrogens (tertiary/aromatic N) is 2. The number of aliphatic hydroxyl groups excluding tert-OH is 1. The third-order valence-corrected chi connectivity index (χ3v) is 1.36. The number of thiol groups is 2. The predicted octanol–water partition coefficient (Wildman–Crippen LogP) is 3.31. The molecule has 18 heavy (non-hydrogen) atoms. The number of hydrogen-bond donors (Lipinski definition) is 3. The summed E-state index contributed by atoms with van der Waals surface area (Å²) in [6.07, 6.45) is 7.88. The molecule has 5 heteroatoms. The van der Waals surface area contributed by atoms with E-state index in [1.54, 1.807) is 24.8 Å². The average molecular weight is 284 g/mol. The Balaban J connectivity index is 0. The molecule has 0 unspecified atom stereocenters. The first-order chi connectivity index (χ1) is 8.91. The third kappa shape index (κ3) is 20.4. The minimum atomic E-state index is 0.319. The lowest BCUT2D eigenvalue weighted by Gasteiger charge is -1.70. The van der Waals surface area contributed by atoms with Crippen molar-refractivity contribution in [3.63, 3.8) is 0 Å². The minimum absolute atomic E-state index is 0.319. The molecule has 0 amide bonds. The van der Waals surface area contributed by atoms with Crippen molar-refractivity contribution in [2.45, 2.75) is 13.3 Å². The van der Waals surface area contributed by atoms with Crippen LogP contribution >= 0.6 is 23.3 Å². The van der Waals surface area contributed by atoms with Crippen molar-refractivity contribution in [2.75, 3.05) is 6.61 Å². The Bertz CT molecular complexity index is 222. The molecule has 0 aliphatic rings. The summed E-state index contributed by atoms with van der Waals surface area (Å²) < 4.78 is 0. The van der Waals surface area contributed by atoms with Gasteiger partial charge < -0.3 is 5.11 Å². The lowest BCUT2D eigenvalue weighted by molar-refractivity contribution is 0.295. The highest BCUT2D eigenvalue weighted by Crippen LogP contribution is 1.74. The molecule has 0 aromatic carbocycles. The summed E-state index contributed by atoms with van der Waals surface area (Å²) in [5, 5.41) is 7.88. The maximum Gasteiger partial charge on any atom is 0.0428 e. The van der Waals surface area contributed by atoms with Crippen LogP contribution in [0.1, 0.15) is 13.3 Å². The van der Waals surface area contributed by atoms with Crippen LogP contribution < -0.4 is 0 Å². The summed E-state index contributed by atoms with van der Waals surface area (Å²) in [5.74, 6) is 0. The van der Waals surface area contributed by atoms with Crippen LogP contribution in [0, 0.1) is 0 Å². The van der Waals surface area contributed by atoms with E-state index in [-0.39, 0.29) is 0 Å². The molecule has 100 valence electrons. The van der Waals surface area contributed by atoms with E-state index in [9.17, 15) is 0 Å². The van der Waals surface area contributed by atoms with Gasteiger partial charge in [-0.2, -0.15) is 0 Å². The second kappa shape index (κ2) is 21.3. The SMILES string of the molecule is CCCO.SS.c1ccncc1.c1ccncc1. The summed E-state index contributed by atoms with van der Waals surface area (Å²) >= 11 is 6.44. The molecule has 0 aliphatic carbocycles. The largest absolute Gasteiger partial charge is 0.396 e. The predicted molar refractivity (Wildman–Crippen MR) is 83.8 cm³/mol. The Morgan fingerprint density at radius 1 is 0.778 bits per heavy atom. The fourth-order valence-corrected chi connectivity index (χ4v) is 0.625. The van der Waals surface area contributed by atoms with Crippen LogP contribution in [0.25, 0.3) is 0 Å². The van der Waals surface area contributed by atoms with Gasteiger partial charge in [-0.25, -0.2) is 0 Å². The summed E-state index contributed by atoms with van der Waals surface area (Å²) in [6.45, 7) is 2.25. The highest BCUT2D eigenvalue weighted by molar-refractivity contribution is 8.59. The normalized spacial score (nSPS) is 7.33. The van der Waals surface area contributed by atoms with Gasteiger partial charge in [0.2, 0.25) is 0 Å². The van der Waals surface area contributed by atoms with Crippen molar-refractivity contribution in [3.8, 4) is 0 Å². The maximum absolute atomic E-state index is 7.88. The van der Waals surface area contributed by atoms with Gasteiger partial charge >= 0.3 is 0 Å². The fourth-order valence-electron chi connectivity index (χ4n) is 0.625. The second-order valence-corrected chi connectivity index (χ2v) is 2.77. The van der Waals surface area contributed by atoms with E-state index in [2.05, 4.69) is 33.3 Å². The molecule has 0 radical (unpaired) electrons. The van der Waals surface area contributed by atoms with E-state index in [4.69, 9.17) is 5.11 Å². The quantitative estimate of drug-likeness (QED) is 0.556. The van der Waals surface area contributed by atoms with E-state index in [1.165, 1.54) is 0 Å². The van der Waals surface area contributed by atoms with Crippen molar-refractivity contribution < 1.29 is 5.11 Å². The number of aromatic nitrogens is 2. The van der Waals surface area contributed by atoms with Crippen LogP contribution in [0.2, 0.25) is 0 Å². The van der Waals surface area contributed by atoms with E-state index in [0.717, 1.165) is 6.42 Å². The van der Waals surface area contributed by atoms with Crippen molar-refractivity contribution in [2.24, 2.45) is 0 Å². The maximum atomic E-state index is 7.88. The summed E-state index contributed by atoms with van der Waals surface area (Å²) in [4.78, 5) is 7.57. The van der Waals surface area contributed by atoms with Crippen LogP contribution in [0.15, 0.2) is 61.2 Å². The molecule has 0 aliphatic heterocycles. The van der Waals surface area contributed by atoms with Gasteiger partial charge in [-0.1, -0.05) is 19.1 Å². The number of pyridine rings is 2. The van der Waals surface area contributed by atoms with E-state index in [0.29, 0.717) is 6.61 Å². The lowest BCUT2D eigenvalue weighted by Crippen LogP contribution is -1.69. The van der Waals surface area contributed by atoms with Crippen molar-refractivity contribution in [3.05, 3.63) is 61.2 Å². The van der Waals surface area contributed by atoms with Crippen LogP contribution in [-0.2, 0) is 0 Å². The molecule has 1 N–H and O–H groups in total. The molecule has 0 fully saturated rings. The molecule has 0 bridgehead atoms. The molecule has 3 nitrogen and oxygen atoms in total. The average Bonchev–Trinajstić information content (AvgIpc) is 2.53. The molecule has 2 heterocycles. The molecule has 2 aromatic rings. The van der Waals surface area contributed by atoms with Crippen molar-refractivity contribution in [1.29, 1.82) is 0 Å². The van der Waals surface area contributed by atoms with Gasteiger partial charge in [0.25, 0.3) is 0 Å². The fraction of sp³-hybridized carbons (Fsp3) is 0.231. The zero-order valence-electron chi connectivity index (χ0n) is 10.4. The van der Waals surface area contributed by atoms with Gasteiger partial charge in [0.15, 0.2) is 0 Å². The smallest absolute Gasteiger partial charge is 0.0428 e. The van der Waals surface area contributed by atoms with Gasteiger partial charge in [-0.05, 0) is 30.7 Å². The van der Waals surface area contributed by atoms with Gasteiger partial charge in [0.05, 0.1) is 0 Å². The third-order valence-electron chi connectivity index (χ3n) is 1.36. The van der Waals surface area contributed by atoms with Crippen LogP contribution in [0.5, 0.6) is 0 Å². The van der Waals surface area contributed by atoms with E-state index < -0.39 is 0 Å². The topological polar surface area (TPSA) is 46.0 Å². The van der Waals surface area contributed by atoms with Crippen LogP contribution in [-0.4, -0.2) is 21.7 Å². The molecule has 0 atom stereocenters.